The van der Waals surface area contributed by atoms with Crippen LogP contribution in [-0.2, 0) is 4.79 Å². The van der Waals surface area contributed by atoms with Gasteiger partial charge in [0.2, 0.25) is 0 Å². The van der Waals surface area contributed by atoms with Gasteiger partial charge in [-0.15, -0.1) is 0 Å². The van der Waals surface area contributed by atoms with Gasteiger partial charge in [0, 0.05) is 6.42 Å². The molecule has 0 fully saturated rings. The van der Waals surface area contributed by atoms with Crippen LogP contribution >= 0.6 is 11.6 Å². The molecule has 0 N–H and O–H groups in total. The van der Waals surface area contributed by atoms with Gasteiger partial charge in [-0.25, -0.2) is 0 Å². The molecular weight excluding hydrogens is 212 g/mol. The number of methoxy groups -OCH3 is 1. The quantitative estimate of drug-likeness (QED) is 0.736. The number of hydrogen-bond acceptors (Lipinski definition) is 2. The summed E-state index contributed by atoms with van der Waals surface area (Å²) in [7, 11) is 1.60. The molecular formula is C12H15ClO2. The fourth-order valence-electron chi connectivity index (χ4n) is 1.54. The Hall–Kier alpha value is -1.02. The minimum atomic E-state index is 0.135. The highest BCUT2D eigenvalue weighted by molar-refractivity contribution is 6.33. The number of aryl methyl sites for hydroxylation is 1. The van der Waals surface area contributed by atoms with Gasteiger partial charge in [-0.1, -0.05) is 30.7 Å². The van der Waals surface area contributed by atoms with Gasteiger partial charge in [0.05, 0.1) is 12.1 Å². The van der Waals surface area contributed by atoms with E-state index in [9.17, 15) is 4.79 Å². The summed E-state index contributed by atoms with van der Waals surface area (Å²) in [5, 5.41) is 0.632. The van der Waals surface area contributed by atoms with Gasteiger partial charge >= 0.3 is 0 Å². The normalized spacial score (nSPS) is 12.3. The molecule has 1 aromatic carbocycles. The molecule has 1 rings (SSSR count). The van der Waals surface area contributed by atoms with Crippen LogP contribution in [0.4, 0.5) is 0 Å². The molecule has 0 heterocycles. The van der Waals surface area contributed by atoms with Crippen LogP contribution in [0.1, 0.15) is 30.4 Å². The second-order valence-electron chi connectivity index (χ2n) is 3.62. The topological polar surface area (TPSA) is 26.3 Å². The second-order valence-corrected chi connectivity index (χ2v) is 4.00. The zero-order valence-electron chi connectivity index (χ0n) is 9.21. The smallest absolute Gasteiger partial charge is 0.141 e. The molecule has 0 aliphatic rings. The van der Waals surface area contributed by atoms with Crippen molar-refractivity contribution in [2.24, 2.45) is 0 Å². The molecule has 0 saturated carbocycles. The third-order valence-electron chi connectivity index (χ3n) is 2.51. The number of rotatable bonds is 4. The molecule has 15 heavy (non-hydrogen) atoms. The van der Waals surface area contributed by atoms with Crippen LogP contribution < -0.4 is 4.74 Å². The van der Waals surface area contributed by atoms with Gasteiger partial charge in [-0.05, 0) is 24.0 Å². The molecule has 3 heteroatoms. The summed E-state index contributed by atoms with van der Waals surface area (Å²) < 4.78 is 5.28. The maximum Gasteiger partial charge on any atom is 0.141 e. The summed E-state index contributed by atoms with van der Waals surface area (Å²) in [5.41, 5.74) is 1.97. The van der Waals surface area contributed by atoms with E-state index in [-0.39, 0.29) is 5.92 Å². The predicted molar refractivity (Wildman–Crippen MR) is 61.8 cm³/mol. The number of carbonyl (C=O) groups excluding carboxylic acids is 1. The van der Waals surface area contributed by atoms with E-state index < -0.39 is 0 Å². The van der Waals surface area contributed by atoms with Gasteiger partial charge in [-0.2, -0.15) is 0 Å². The van der Waals surface area contributed by atoms with Gasteiger partial charge in [0.25, 0.3) is 0 Å². The van der Waals surface area contributed by atoms with Crippen LogP contribution in [-0.4, -0.2) is 13.4 Å². The van der Waals surface area contributed by atoms with E-state index in [1.807, 2.05) is 26.0 Å². The third-order valence-corrected chi connectivity index (χ3v) is 2.98. The minimum Gasteiger partial charge on any atom is -0.495 e. The van der Waals surface area contributed by atoms with Crippen LogP contribution in [0.5, 0.6) is 5.75 Å². The molecule has 2 nitrogen and oxygen atoms in total. The van der Waals surface area contributed by atoms with E-state index in [1.165, 1.54) is 0 Å². The van der Waals surface area contributed by atoms with E-state index in [1.54, 1.807) is 7.11 Å². The predicted octanol–water partition coefficient (Wildman–Crippen LogP) is 3.35. The molecule has 0 bridgehead atoms. The van der Waals surface area contributed by atoms with E-state index >= 15 is 0 Å². The molecule has 0 spiro atoms. The maximum atomic E-state index is 10.5. The molecule has 1 aromatic rings. The Labute approximate surface area is 95.2 Å². The number of hydrogen-bond donors (Lipinski definition) is 0. The lowest BCUT2D eigenvalue weighted by molar-refractivity contribution is -0.108. The highest BCUT2D eigenvalue weighted by atomic mass is 35.5. The molecule has 0 aliphatic heterocycles. The lowest BCUT2D eigenvalue weighted by Gasteiger charge is -2.15. The van der Waals surface area contributed by atoms with E-state index in [0.717, 1.165) is 17.4 Å². The average molecular weight is 227 g/mol. The zero-order valence-corrected chi connectivity index (χ0v) is 9.97. The number of benzene rings is 1. The number of aldehydes is 1. The summed E-state index contributed by atoms with van der Waals surface area (Å²) in [6.45, 7) is 3.91. The number of ether oxygens (including phenoxy) is 1. The van der Waals surface area contributed by atoms with E-state index in [4.69, 9.17) is 16.3 Å². The molecule has 1 atom stereocenters. The van der Waals surface area contributed by atoms with E-state index in [2.05, 4.69) is 0 Å². The first-order valence-corrected chi connectivity index (χ1v) is 5.26. The van der Waals surface area contributed by atoms with Crippen molar-refractivity contribution in [3.63, 3.8) is 0 Å². The lowest BCUT2D eigenvalue weighted by atomic mass is 9.96. The van der Waals surface area contributed by atoms with E-state index in [0.29, 0.717) is 17.2 Å². The van der Waals surface area contributed by atoms with Crippen molar-refractivity contribution >= 4 is 17.9 Å². The Balaban J connectivity index is 3.17. The number of halogens is 1. The number of carbonyl (C=O) groups is 1. The SMILES string of the molecule is COc1c(C(C)CC=O)ccc(C)c1Cl. The maximum absolute atomic E-state index is 10.5. The Bertz CT molecular complexity index is 361. The van der Waals surface area contributed by atoms with Crippen molar-refractivity contribution in [3.8, 4) is 5.75 Å². The summed E-state index contributed by atoms with van der Waals surface area (Å²) in [6, 6.07) is 3.91. The van der Waals surface area contributed by atoms with Gasteiger partial charge in [0.1, 0.15) is 12.0 Å². The van der Waals surface area contributed by atoms with Crippen LogP contribution in [0.3, 0.4) is 0 Å². The molecule has 0 aliphatic carbocycles. The largest absolute Gasteiger partial charge is 0.495 e. The Morgan fingerprint density at radius 1 is 1.53 bits per heavy atom. The van der Waals surface area contributed by atoms with Crippen molar-refractivity contribution in [1.82, 2.24) is 0 Å². The van der Waals surface area contributed by atoms with Crippen molar-refractivity contribution in [3.05, 3.63) is 28.3 Å². The Kier molecular flexibility index (Phi) is 4.15. The molecule has 0 saturated heterocycles. The lowest BCUT2D eigenvalue weighted by Crippen LogP contribution is -2.00. The molecule has 0 aromatic heterocycles. The zero-order chi connectivity index (χ0) is 11.4. The average Bonchev–Trinajstić information content (AvgIpc) is 2.22. The first-order chi connectivity index (χ1) is 7.11. The summed E-state index contributed by atoms with van der Waals surface area (Å²) in [5.74, 6) is 0.821. The van der Waals surface area contributed by atoms with Crippen LogP contribution in [0.15, 0.2) is 12.1 Å². The minimum absolute atomic E-state index is 0.135. The summed E-state index contributed by atoms with van der Waals surface area (Å²) in [6.07, 6.45) is 1.40. The highest BCUT2D eigenvalue weighted by Gasteiger charge is 2.15. The molecule has 82 valence electrons. The van der Waals surface area contributed by atoms with Gasteiger partial charge in [-0.3, -0.25) is 0 Å². The summed E-state index contributed by atoms with van der Waals surface area (Å²) in [4.78, 5) is 10.5. The second kappa shape index (κ2) is 5.17. The molecule has 0 radical (unpaired) electrons. The van der Waals surface area contributed by atoms with Crippen molar-refractivity contribution in [2.75, 3.05) is 7.11 Å². The van der Waals surface area contributed by atoms with Crippen molar-refractivity contribution < 1.29 is 9.53 Å². The Morgan fingerprint density at radius 2 is 2.20 bits per heavy atom. The first kappa shape index (κ1) is 12.1. The fraction of sp³-hybridized carbons (Fsp3) is 0.417. The highest BCUT2D eigenvalue weighted by Crippen LogP contribution is 2.36. The monoisotopic (exact) mass is 226 g/mol. The molecule has 0 amide bonds. The molecule has 1 unspecified atom stereocenters. The van der Waals surface area contributed by atoms with Crippen LogP contribution in [0.25, 0.3) is 0 Å². The van der Waals surface area contributed by atoms with Crippen molar-refractivity contribution in [2.45, 2.75) is 26.2 Å². The summed E-state index contributed by atoms with van der Waals surface area (Å²) >= 11 is 6.13. The third kappa shape index (κ3) is 2.51. The van der Waals surface area contributed by atoms with Crippen molar-refractivity contribution in [1.29, 1.82) is 0 Å². The first-order valence-electron chi connectivity index (χ1n) is 4.88. The van der Waals surface area contributed by atoms with Gasteiger partial charge in [0.15, 0.2) is 0 Å². The van der Waals surface area contributed by atoms with Gasteiger partial charge < -0.3 is 9.53 Å². The Morgan fingerprint density at radius 3 is 2.73 bits per heavy atom. The fourth-order valence-corrected chi connectivity index (χ4v) is 1.79. The van der Waals surface area contributed by atoms with Crippen LogP contribution in [0, 0.1) is 6.92 Å². The van der Waals surface area contributed by atoms with Crippen LogP contribution in [0.2, 0.25) is 5.02 Å². The standard InChI is InChI=1S/C12H15ClO2/c1-8(6-7-14)10-5-4-9(2)11(13)12(10)15-3/h4-5,7-8H,6H2,1-3H3.